The smallest absolute Gasteiger partial charge is 0.0945 e. The number of anilines is 1. The second kappa shape index (κ2) is 6.87. The molecule has 0 aliphatic carbocycles. The lowest BCUT2D eigenvalue weighted by atomic mass is 9.94. The summed E-state index contributed by atoms with van der Waals surface area (Å²) < 4.78 is 5.40. The minimum absolute atomic E-state index is 0.370. The van der Waals surface area contributed by atoms with Crippen molar-refractivity contribution in [2.45, 2.75) is 19.4 Å². The number of aliphatic hydroxyl groups is 1. The molecule has 0 fully saturated rings. The van der Waals surface area contributed by atoms with Crippen LogP contribution in [0.5, 0.6) is 0 Å². The van der Waals surface area contributed by atoms with Gasteiger partial charge in [0, 0.05) is 18.8 Å². The molecule has 4 aromatic carbocycles. The monoisotopic (exact) mass is 333 g/mol. The predicted octanol–water partition coefficient (Wildman–Crippen LogP) is 4.78. The van der Waals surface area contributed by atoms with Crippen molar-refractivity contribution in [3.8, 4) is 0 Å². The van der Waals surface area contributed by atoms with E-state index in [-0.39, 0.29) is 0 Å². The molecular formula is C22H23NO2. The first-order valence-electron chi connectivity index (χ1n) is 8.93. The molecule has 3 heteroatoms. The number of benzene rings is 4. The summed E-state index contributed by atoms with van der Waals surface area (Å²) in [5.74, 6) is 0. The molecule has 0 saturated heterocycles. The van der Waals surface area contributed by atoms with Crippen LogP contribution >= 0.6 is 0 Å². The van der Waals surface area contributed by atoms with Gasteiger partial charge in [0.05, 0.1) is 12.7 Å². The van der Waals surface area contributed by atoms with E-state index in [2.05, 4.69) is 66.8 Å². The summed E-state index contributed by atoms with van der Waals surface area (Å²) in [7, 11) is 0. The number of ether oxygens (including phenoxy) is 1. The molecule has 0 aromatic heterocycles. The van der Waals surface area contributed by atoms with Gasteiger partial charge in [0.25, 0.3) is 0 Å². The zero-order chi connectivity index (χ0) is 17.2. The summed E-state index contributed by atoms with van der Waals surface area (Å²) in [6.45, 7) is 3.61. The lowest BCUT2D eigenvalue weighted by Gasteiger charge is -2.15. The second-order valence-corrected chi connectivity index (χ2v) is 6.62. The van der Waals surface area contributed by atoms with Crippen LogP contribution in [0.2, 0.25) is 0 Å². The third-order valence-corrected chi connectivity index (χ3v) is 4.66. The summed E-state index contributed by atoms with van der Waals surface area (Å²) >= 11 is 0. The van der Waals surface area contributed by atoms with Gasteiger partial charge in [0.1, 0.15) is 0 Å². The average Bonchev–Trinajstić information content (AvgIpc) is 2.64. The quantitative estimate of drug-likeness (QED) is 0.378. The highest BCUT2D eigenvalue weighted by molar-refractivity contribution is 6.23. The van der Waals surface area contributed by atoms with E-state index in [0.29, 0.717) is 19.8 Å². The van der Waals surface area contributed by atoms with Gasteiger partial charge in [-0.15, -0.1) is 0 Å². The minimum atomic E-state index is -0.502. The molecule has 0 heterocycles. The third-order valence-electron chi connectivity index (χ3n) is 4.66. The zero-order valence-corrected chi connectivity index (χ0v) is 14.5. The Labute approximate surface area is 147 Å². The van der Waals surface area contributed by atoms with Crippen LogP contribution in [-0.4, -0.2) is 31.0 Å². The minimum Gasteiger partial charge on any atom is -0.389 e. The Balaban J connectivity index is 1.63. The van der Waals surface area contributed by atoms with E-state index in [1.54, 1.807) is 0 Å². The van der Waals surface area contributed by atoms with Gasteiger partial charge >= 0.3 is 0 Å². The Bertz CT molecular complexity index is 931. The van der Waals surface area contributed by atoms with E-state index in [1.807, 2.05) is 0 Å². The summed E-state index contributed by atoms with van der Waals surface area (Å²) in [6, 6.07) is 19.5. The maximum absolute atomic E-state index is 10.0. The Morgan fingerprint density at radius 3 is 2.16 bits per heavy atom. The zero-order valence-electron chi connectivity index (χ0n) is 14.5. The van der Waals surface area contributed by atoms with Crippen LogP contribution in [0.1, 0.15) is 13.3 Å². The van der Waals surface area contributed by atoms with Gasteiger partial charge < -0.3 is 15.2 Å². The van der Waals surface area contributed by atoms with Gasteiger partial charge in [0.2, 0.25) is 0 Å². The van der Waals surface area contributed by atoms with Crippen LogP contribution in [-0.2, 0) is 4.74 Å². The van der Waals surface area contributed by atoms with E-state index in [4.69, 9.17) is 4.74 Å². The van der Waals surface area contributed by atoms with Crippen molar-refractivity contribution in [1.29, 1.82) is 0 Å². The van der Waals surface area contributed by atoms with E-state index >= 15 is 0 Å². The Kier molecular flexibility index (Phi) is 4.43. The van der Waals surface area contributed by atoms with Gasteiger partial charge in [-0.2, -0.15) is 0 Å². The predicted molar refractivity (Wildman–Crippen MR) is 106 cm³/mol. The van der Waals surface area contributed by atoms with Crippen molar-refractivity contribution >= 4 is 38.0 Å². The van der Waals surface area contributed by atoms with Crippen molar-refractivity contribution in [2.24, 2.45) is 0 Å². The standard InChI is InChI=1S/C22H23NO2/c1-2-10-25-14-20(24)13-23-19-11-17-8-6-15-4-3-5-16-7-9-18(12-19)22(17)21(15)16/h3-9,11-12,20,23-24H,2,10,13-14H2,1H3. The van der Waals surface area contributed by atoms with Crippen molar-refractivity contribution in [2.75, 3.05) is 25.1 Å². The lowest BCUT2D eigenvalue weighted by Crippen LogP contribution is -2.25. The maximum Gasteiger partial charge on any atom is 0.0945 e. The normalized spacial score (nSPS) is 13.0. The average molecular weight is 333 g/mol. The van der Waals surface area contributed by atoms with E-state index in [0.717, 1.165) is 12.1 Å². The third kappa shape index (κ3) is 3.13. The molecule has 0 spiro atoms. The van der Waals surface area contributed by atoms with E-state index in [1.165, 1.54) is 32.3 Å². The number of hydrogen-bond acceptors (Lipinski definition) is 3. The first kappa shape index (κ1) is 16.1. The molecule has 0 radical (unpaired) electrons. The van der Waals surface area contributed by atoms with Gasteiger partial charge in [-0.25, -0.2) is 0 Å². The fourth-order valence-electron chi connectivity index (χ4n) is 3.51. The summed E-state index contributed by atoms with van der Waals surface area (Å²) in [5.41, 5.74) is 1.03. The number of aliphatic hydroxyl groups excluding tert-OH is 1. The summed E-state index contributed by atoms with van der Waals surface area (Å²) in [5, 5.41) is 21.0. The molecule has 0 bridgehead atoms. The number of nitrogens with one attached hydrogen (secondary N) is 1. The fourth-order valence-corrected chi connectivity index (χ4v) is 3.51. The van der Waals surface area contributed by atoms with Crippen LogP contribution in [0.4, 0.5) is 5.69 Å². The molecule has 3 nitrogen and oxygen atoms in total. The largest absolute Gasteiger partial charge is 0.389 e. The Morgan fingerprint density at radius 2 is 1.52 bits per heavy atom. The molecule has 128 valence electrons. The Morgan fingerprint density at radius 1 is 0.920 bits per heavy atom. The second-order valence-electron chi connectivity index (χ2n) is 6.62. The van der Waals surface area contributed by atoms with Crippen molar-refractivity contribution < 1.29 is 9.84 Å². The SMILES string of the molecule is CCCOCC(O)CNc1cc2ccc3cccc4ccc(c1)c2c34. The fraction of sp³-hybridized carbons (Fsp3) is 0.273. The highest BCUT2D eigenvalue weighted by Gasteiger charge is 2.10. The highest BCUT2D eigenvalue weighted by Crippen LogP contribution is 2.36. The highest BCUT2D eigenvalue weighted by atomic mass is 16.5. The van der Waals surface area contributed by atoms with Crippen LogP contribution in [0.3, 0.4) is 0 Å². The molecular weight excluding hydrogens is 310 g/mol. The molecule has 0 saturated carbocycles. The van der Waals surface area contributed by atoms with Crippen molar-refractivity contribution in [3.05, 3.63) is 54.6 Å². The van der Waals surface area contributed by atoms with Gasteiger partial charge in [-0.3, -0.25) is 0 Å². The lowest BCUT2D eigenvalue weighted by molar-refractivity contribution is 0.0437. The molecule has 0 amide bonds. The first-order valence-corrected chi connectivity index (χ1v) is 8.93. The van der Waals surface area contributed by atoms with E-state index in [9.17, 15) is 5.11 Å². The molecule has 0 aliphatic rings. The Hall–Kier alpha value is -2.36. The first-order chi connectivity index (χ1) is 12.3. The molecule has 25 heavy (non-hydrogen) atoms. The van der Waals surface area contributed by atoms with E-state index < -0.39 is 6.10 Å². The van der Waals surface area contributed by atoms with Gasteiger partial charge in [-0.1, -0.05) is 49.4 Å². The van der Waals surface area contributed by atoms with Crippen LogP contribution in [0, 0.1) is 0 Å². The van der Waals surface area contributed by atoms with Crippen molar-refractivity contribution in [1.82, 2.24) is 0 Å². The molecule has 1 atom stereocenters. The van der Waals surface area contributed by atoms with Crippen molar-refractivity contribution in [3.63, 3.8) is 0 Å². The van der Waals surface area contributed by atoms with Gasteiger partial charge in [0.15, 0.2) is 0 Å². The molecule has 4 aromatic rings. The topological polar surface area (TPSA) is 41.5 Å². The molecule has 4 rings (SSSR count). The maximum atomic E-state index is 10.0. The number of rotatable bonds is 7. The van der Waals surface area contributed by atoms with Gasteiger partial charge in [-0.05, 0) is 50.9 Å². The molecule has 0 aliphatic heterocycles. The molecule has 1 unspecified atom stereocenters. The summed E-state index contributed by atoms with van der Waals surface area (Å²) in [4.78, 5) is 0. The van der Waals surface area contributed by atoms with Crippen LogP contribution in [0.15, 0.2) is 54.6 Å². The number of hydrogen-bond donors (Lipinski definition) is 2. The summed E-state index contributed by atoms with van der Waals surface area (Å²) in [6.07, 6.45) is 0.466. The molecule has 2 N–H and O–H groups in total. The van der Waals surface area contributed by atoms with Crippen LogP contribution < -0.4 is 5.32 Å². The van der Waals surface area contributed by atoms with Crippen LogP contribution in [0.25, 0.3) is 32.3 Å².